The fraction of sp³-hybridized carbons (Fsp3) is 0.577. The summed E-state index contributed by atoms with van der Waals surface area (Å²) in [5.41, 5.74) is 1.69. The molecule has 0 bridgehead atoms. The third kappa shape index (κ3) is 6.15. The number of rotatable bonds is 9. The van der Waals surface area contributed by atoms with Crippen LogP contribution in [0.3, 0.4) is 0 Å². The second kappa shape index (κ2) is 10.9. The van der Waals surface area contributed by atoms with E-state index in [1.807, 2.05) is 37.3 Å². The van der Waals surface area contributed by atoms with Gasteiger partial charge in [0.25, 0.3) is 0 Å². The third-order valence-electron chi connectivity index (χ3n) is 6.77. The van der Waals surface area contributed by atoms with E-state index in [-0.39, 0.29) is 29.7 Å². The molecule has 0 saturated carbocycles. The number of amides is 1. The monoisotopic (exact) mass is 489 g/mol. The van der Waals surface area contributed by atoms with Crippen molar-refractivity contribution in [3.05, 3.63) is 47.2 Å². The van der Waals surface area contributed by atoms with E-state index in [9.17, 15) is 14.4 Å². The fourth-order valence-corrected chi connectivity index (χ4v) is 5.33. The molecule has 1 heterocycles. The number of esters is 2. The van der Waals surface area contributed by atoms with Crippen LogP contribution in [0, 0.1) is 5.92 Å². The topological polar surface area (TPSA) is 82.1 Å². The van der Waals surface area contributed by atoms with Gasteiger partial charge in [-0.3, -0.25) is 9.59 Å². The molecule has 0 spiro atoms. The molecule has 1 aliphatic heterocycles. The van der Waals surface area contributed by atoms with Crippen LogP contribution in [0.15, 0.2) is 41.6 Å². The van der Waals surface area contributed by atoms with Crippen LogP contribution in [0.1, 0.15) is 53.5 Å². The van der Waals surface area contributed by atoms with E-state index in [1.54, 1.807) is 13.8 Å². The van der Waals surface area contributed by atoms with Gasteiger partial charge in [0.15, 0.2) is 8.32 Å². The van der Waals surface area contributed by atoms with Crippen molar-refractivity contribution in [1.82, 2.24) is 4.90 Å². The summed E-state index contributed by atoms with van der Waals surface area (Å²) < 4.78 is 16.9. The van der Waals surface area contributed by atoms with Gasteiger partial charge in [-0.25, -0.2) is 4.79 Å². The van der Waals surface area contributed by atoms with Gasteiger partial charge in [-0.1, -0.05) is 51.1 Å². The first-order valence-electron chi connectivity index (χ1n) is 11.7. The van der Waals surface area contributed by atoms with Crippen molar-refractivity contribution in [2.75, 3.05) is 7.11 Å². The normalized spacial score (nSPS) is 19.2. The lowest BCUT2D eigenvalue weighted by Crippen LogP contribution is -2.66. The molecule has 1 unspecified atom stereocenters. The number of likely N-dealkylation sites (tertiary alicyclic amines) is 1. The lowest BCUT2D eigenvalue weighted by molar-refractivity contribution is -0.168. The van der Waals surface area contributed by atoms with Gasteiger partial charge in [0.1, 0.15) is 12.3 Å². The zero-order valence-corrected chi connectivity index (χ0v) is 22.9. The smallest absolute Gasteiger partial charge is 0.354 e. The van der Waals surface area contributed by atoms with E-state index in [0.717, 1.165) is 5.56 Å². The average Bonchev–Trinajstić information content (AvgIpc) is 2.74. The Morgan fingerprint density at radius 1 is 1.12 bits per heavy atom. The van der Waals surface area contributed by atoms with Crippen LogP contribution < -0.4 is 0 Å². The summed E-state index contributed by atoms with van der Waals surface area (Å²) in [6.45, 7) is 16.2. The first-order chi connectivity index (χ1) is 15.7. The molecule has 8 heteroatoms. The van der Waals surface area contributed by atoms with E-state index in [2.05, 4.69) is 33.9 Å². The maximum absolute atomic E-state index is 13.3. The highest BCUT2D eigenvalue weighted by Crippen LogP contribution is 2.42. The standard InChI is InChI=1S/C26H39NO6Si/c1-17(2)23(25(30)31-7)27-20(15-21(28)32-16-19-13-11-10-12-14-19)22(24(27)29)18(3)33-34(8,9)26(4,5)6/h10-14,18,20,22H,15-16H2,1-9H3/t18?,20-,22-/m1/s1. The molecule has 1 saturated heterocycles. The number of carbonyl (C=O) groups excluding carboxylic acids is 3. The van der Waals surface area contributed by atoms with Gasteiger partial charge in [0, 0.05) is 0 Å². The van der Waals surface area contributed by atoms with Crippen molar-refractivity contribution < 1.29 is 28.3 Å². The van der Waals surface area contributed by atoms with Crippen molar-refractivity contribution >= 4 is 26.2 Å². The van der Waals surface area contributed by atoms with E-state index < -0.39 is 38.3 Å². The molecule has 1 aromatic carbocycles. The predicted molar refractivity (Wildman–Crippen MR) is 133 cm³/mol. The molecule has 2 rings (SSSR count). The fourth-order valence-electron chi connectivity index (χ4n) is 3.90. The first kappa shape index (κ1) is 27.8. The van der Waals surface area contributed by atoms with Crippen molar-refractivity contribution in [2.24, 2.45) is 5.92 Å². The van der Waals surface area contributed by atoms with E-state index in [0.29, 0.717) is 5.57 Å². The maximum Gasteiger partial charge on any atom is 0.354 e. The lowest BCUT2D eigenvalue weighted by Gasteiger charge is -2.51. The molecule has 7 nitrogen and oxygen atoms in total. The van der Waals surface area contributed by atoms with E-state index in [4.69, 9.17) is 13.9 Å². The van der Waals surface area contributed by atoms with Gasteiger partial charge >= 0.3 is 11.9 Å². The number of ether oxygens (including phenoxy) is 2. The van der Waals surface area contributed by atoms with E-state index >= 15 is 0 Å². The number of carbonyl (C=O) groups is 3. The van der Waals surface area contributed by atoms with Crippen molar-refractivity contribution in [2.45, 2.75) is 84.8 Å². The van der Waals surface area contributed by atoms with Gasteiger partial charge in [0.05, 0.1) is 31.6 Å². The summed E-state index contributed by atoms with van der Waals surface area (Å²) in [6.07, 6.45) is -0.449. The Labute approximate surface area is 204 Å². The molecule has 1 aliphatic rings. The molecule has 34 heavy (non-hydrogen) atoms. The Balaban J connectivity index is 2.28. The Hall–Kier alpha value is -2.45. The van der Waals surface area contributed by atoms with Crippen LogP contribution in [-0.2, 0) is 34.9 Å². The van der Waals surface area contributed by atoms with Crippen molar-refractivity contribution in [3.8, 4) is 0 Å². The number of benzene rings is 1. The molecular formula is C26H39NO6Si. The Bertz CT molecular complexity index is 930. The lowest BCUT2D eigenvalue weighted by atomic mass is 9.80. The summed E-state index contributed by atoms with van der Waals surface area (Å²) in [5.74, 6) is -1.84. The van der Waals surface area contributed by atoms with Crippen LogP contribution in [0.2, 0.25) is 18.1 Å². The van der Waals surface area contributed by atoms with Gasteiger partial charge in [-0.15, -0.1) is 0 Å². The minimum Gasteiger partial charge on any atom is -0.464 e. The molecule has 1 fully saturated rings. The highest BCUT2D eigenvalue weighted by molar-refractivity contribution is 6.74. The largest absolute Gasteiger partial charge is 0.464 e. The van der Waals surface area contributed by atoms with Crippen LogP contribution in [0.25, 0.3) is 0 Å². The molecule has 1 amide bonds. The number of allylic oxidation sites excluding steroid dienone is 1. The summed E-state index contributed by atoms with van der Waals surface area (Å²) >= 11 is 0. The van der Waals surface area contributed by atoms with E-state index in [1.165, 1.54) is 12.0 Å². The molecule has 0 aliphatic carbocycles. The highest BCUT2D eigenvalue weighted by atomic mass is 28.4. The van der Waals surface area contributed by atoms with Gasteiger partial charge in [-0.2, -0.15) is 0 Å². The quantitative estimate of drug-likeness (QED) is 0.214. The summed E-state index contributed by atoms with van der Waals surface area (Å²) in [7, 11) is -0.885. The molecule has 3 atom stereocenters. The number of hydrogen-bond donors (Lipinski definition) is 0. The molecule has 1 aromatic rings. The summed E-state index contributed by atoms with van der Waals surface area (Å²) in [5, 5.41) is -0.0328. The zero-order valence-electron chi connectivity index (χ0n) is 21.9. The van der Waals surface area contributed by atoms with Gasteiger partial charge < -0.3 is 18.8 Å². The SMILES string of the molecule is COC(=O)C(=C(C)C)N1C(=O)[C@H](C(C)O[Si](C)(C)C(C)(C)C)[C@H]1CC(=O)OCc1ccccc1. The first-order valence-corrected chi connectivity index (χ1v) is 14.6. The van der Waals surface area contributed by atoms with Crippen molar-refractivity contribution in [3.63, 3.8) is 0 Å². The zero-order chi connectivity index (χ0) is 25.8. The second-order valence-corrected chi connectivity index (χ2v) is 15.3. The number of β-lactam (4-membered cyclic amide) rings is 1. The Morgan fingerprint density at radius 2 is 1.71 bits per heavy atom. The van der Waals surface area contributed by atoms with Crippen LogP contribution >= 0.6 is 0 Å². The molecular weight excluding hydrogens is 450 g/mol. The van der Waals surface area contributed by atoms with Crippen LogP contribution in [-0.4, -0.2) is 50.3 Å². The van der Waals surface area contributed by atoms with Gasteiger partial charge in [-0.05, 0) is 50.0 Å². The summed E-state index contributed by atoms with van der Waals surface area (Å²) in [4.78, 5) is 40.0. The predicted octanol–water partition coefficient (Wildman–Crippen LogP) is 4.82. The summed E-state index contributed by atoms with van der Waals surface area (Å²) in [6, 6.07) is 8.85. The minimum atomic E-state index is -2.16. The van der Waals surface area contributed by atoms with Crippen LogP contribution in [0.4, 0.5) is 0 Å². The average molecular weight is 490 g/mol. The minimum absolute atomic E-state index is 0.0328. The molecule has 0 radical (unpaired) electrons. The van der Waals surface area contributed by atoms with Gasteiger partial charge in [0.2, 0.25) is 5.91 Å². The molecule has 0 aromatic heterocycles. The Kier molecular flexibility index (Phi) is 8.88. The van der Waals surface area contributed by atoms with Crippen LogP contribution in [0.5, 0.6) is 0 Å². The molecule has 188 valence electrons. The number of methoxy groups -OCH3 is 1. The maximum atomic E-state index is 13.3. The Morgan fingerprint density at radius 3 is 2.21 bits per heavy atom. The van der Waals surface area contributed by atoms with Crippen molar-refractivity contribution in [1.29, 1.82) is 0 Å². The molecule has 0 N–H and O–H groups in total. The third-order valence-corrected chi connectivity index (χ3v) is 11.3. The number of nitrogens with zero attached hydrogens (tertiary/aromatic N) is 1. The second-order valence-electron chi connectivity index (χ2n) is 10.6. The highest BCUT2D eigenvalue weighted by Gasteiger charge is 2.55. The number of hydrogen-bond acceptors (Lipinski definition) is 6.